The third kappa shape index (κ3) is 5.76. The minimum atomic E-state index is -0.253. The summed E-state index contributed by atoms with van der Waals surface area (Å²) in [4.78, 5) is 2.59. The Hall–Kier alpha value is -1.12. The molecule has 1 aromatic carbocycles. The van der Waals surface area contributed by atoms with Gasteiger partial charge in [0.05, 0.1) is 6.10 Å². The van der Waals surface area contributed by atoms with Gasteiger partial charge in [-0.1, -0.05) is 90.3 Å². The maximum Gasteiger partial charge on any atom is 0.0754 e. The second kappa shape index (κ2) is 11.5. The van der Waals surface area contributed by atoms with Gasteiger partial charge in [-0.3, -0.25) is 4.90 Å². The van der Waals surface area contributed by atoms with Crippen molar-refractivity contribution < 1.29 is 5.11 Å². The van der Waals surface area contributed by atoms with E-state index in [1.165, 1.54) is 44.1 Å². The molecule has 0 spiro atoms. The van der Waals surface area contributed by atoms with Gasteiger partial charge in [0.2, 0.25) is 0 Å². The SMILES string of the molecule is C=CCCCN(Cc1ccccc1)[C@H]1CC[C@]2(C)[C@@H]([C@H](C)CCCC(C)C)CC[C@@]2(C)[C@H]1O. The van der Waals surface area contributed by atoms with Gasteiger partial charge >= 0.3 is 0 Å². The number of aliphatic hydroxyl groups is 1. The first-order chi connectivity index (χ1) is 15.7. The molecule has 0 heterocycles. The van der Waals surface area contributed by atoms with E-state index in [1.54, 1.807) is 0 Å². The average Bonchev–Trinajstić information content (AvgIpc) is 3.06. The van der Waals surface area contributed by atoms with Crippen LogP contribution in [0.3, 0.4) is 0 Å². The molecule has 0 bridgehead atoms. The highest BCUT2D eigenvalue weighted by Crippen LogP contribution is 2.65. The van der Waals surface area contributed by atoms with Crippen molar-refractivity contribution in [2.45, 2.75) is 111 Å². The van der Waals surface area contributed by atoms with E-state index in [-0.39, 0.29) is 23.0 Å². The third-order valence-corrected chi connectivity index (χ3v) is 9.75. The summed E-state index contributed by atoms with van der Waals surface area (Å²) in [5, 5.41) is 12.0. The summed E-state index contributed by atoms with van der Waals surface area (Å²) in [5.41, 5.74) is 1.62. The van der Waals surface area contributed by atoms with Crippen LogP contribution in [0.25, 0.3) is 0 Å². The molecule has 1 aromatic rings. The number of hydrogen-bond acceptors (Lipinski definition) is 2. The average molecular weight is 454 g/mol. The second-order valence-electron chi connectivity index (χ2n) is 12.2. The van der Waals surface area contributed by atoms with E-state index in [9.17, 15) is 5.11 Å². The molecule has 2 saturated carbocycles. The molecule has 2 nitrogen and oxygen atoms in total. The molecule has 0 saturated heterocycles. The van der Waals surface area contributed by atoms with E-state index in [0.717, 1.165) is 50.1 Å². The maximum atomic E-state index is 12.0. The molecule has 2 aliphatic carbocycles. The fourth-order valence-electron chi connectivity index (χ4n) is 7.43. The molecule has 1 N–H and O–H groups in total. The molecule has 0 aromatic heterocycles. The molecule has 0 aliphatic heterocycles. The van der Waals surface area contributed by atoms with Crippen molar-refractivity contribution in [3.8, 4) is 0 Å². The zero-order chi connectivity index (χ0) is 24.1. The van der Waals surface area contributed by atoms with Gasteiger partial charge in [0.1, 0.15) is 0 Å². The van der Waals surface area contributed by atoms with Crippen molar-refractivity contribution in [2.24, 2.45) is 28.6 Å². The molecule has 3 rings (SSSR count). The quantitative estimate of drug-likeness (QED) is 0.257. The molecule has 2 aliphatic rings. The smallest absolute Gasteiger partial charge is 0.0754 e. The van der Waals surface area contributed by atoms with Gasteiger partial charge in [0, 0.05) is 18.0 Å². The van der Waals surface area contributed by atoms with Gasteiger partial charge in [-0.25, -0.2) is 0 Å². The molecule has 186 valence electrons. The Labute approximate surface area is 204 Å². The number of aliphatic hydroxyl groups excluding tert-OH is 1. The summed E-state index contributed by atoms with van der Waals surface area (Å²) in [6, 6.07) is 11.1. The molecule has 0 unspecified atom stereocenters. The number of nitrogens with zero attached hydrogens (tertiary/aromatic N) is 1. The largest absolute Gasteiger partial charge is 0.391 e. The maximum absolute atomic E-state index is 12.0. The Morgan fingerprint density at radius 1 is 1.03 bits per heavy atom. The highest BCUT2D eigenvalue weighted by atomic mass is 16.3. The zero-order valence-electron chi connectivity index (χ0n) is 22.2. The lowest BCUT2D eigenvalue weighted by Gasteiger charge is -2.56. The van der Waals surface area contributed by atoms with Crippen LogP contribution >= 0.6 is 0 Å². The first-order valence-corrected chi connectivity index (χ1v) is 13.8. The molecule has 0 amide bonds. The van der Waals surface area contributed by atoms with Gasteiger partial charge in [-0.15, -0.1) is 6.58 Å². The zero-order valence-corrected chi connectivity index (χ0v) is 22.2. The minimum absolute atomic E-state index is 0.0142. The monoisotopic (exact) mass is 453 g/mol. The summed E-state index contributed by atoms with van der Waals surface area (Å²) in [6.45, 7) is 18.0. The predicted molar refractivity (Wildman–Crippen MR) is 142 cm³/mol. The van der Waals surface area contributed by atoms with Gasteiger partial charge in [-0.05, 0) is 73.8 Å². The summed E-state index contributed by atoms with van der Waals surface area (Å²) in [5.74, 6) is 2.30. The summed E-state index contributed by atoms with van der Waals surface area (Å²) in [6.07, 6.45) is 12.8. The number of unbranched alkanes of at least 4 members (excludes halogenated alkanes) is 1. The van der Waals surface area contributed by atoms with Crippen LogP contribution in [-0.4, -0.2) is 28.7 Å². The summed E-state index contributed by atoms with van der Waals surface area (Å²) < 4.78 is 0. The van der Waals surface area contributed by atoms with Crippen LogP contribution in [0.5, 0.6) is 0 Å². The topological polar surface area (TPSA) is 23.5 Å². The standard InChI is InChI=1S/C31H51NO/c1-7-8-12-22-32(23-26-16-10-9-11-17-26)28-19-21-30(5)27(18-20-31(30,6)29(28)33)25(4)15-13-14-24(2)3/h7,9-11,16-17,24-25,27-29,33H,1,8,12-15,18-23H2,2-6H3/t25-,27-,28+,29+,30-,31+/m1/s1. The molecule has 6 atom stereocenters. The van der Waals surface area contributed by atoms with Crippen molar-refractivity contribution in [3.63, 3.8) is 0 Å². The Morgan fingerprint density at radius 2 is 1.73 bits per heavy atom. The van der Waals surface area contributed by atoms with E-state index < -0.39 is 0 Å². The minimum Gasteiger partial charge on any atom is -0.391 e. The third-order valence-electron chi connectivity index (χ3n) is 9.75. The van der Waals surface area contributed by atoms with Crippen molar-refractivity contribution in [2.75, 3.05) is 6.54 Å². The van der Waals surface area contributed by atoms with Crippen molar-refractivity contribution >= 4 is 0 Å². The highest BCUT2D eigenvalue weighted by molar-refractivity contribution is 5.16. The van der Waals surface area contributed by atoms with Crippen molar-refractivity contribution in [3.05, 3.63) is 48.6 Å². The fraction of sp³-hybridized carbons (Fsp3) is 0.742. The number of allylic oxidation sites excluding steroid dienone is 1. The van der Waals surface area contributed by atoms with Crippen LogP contribution in [-0.2, 0) is 6.54 Å². The molecular formula is C31H51NO. The van der Waals surface area contributed by atoms with Crippen LogP contribution in [0.15, 0.2) is 43.0 Å². The molecule has 2 heteroatoms. The number of rotatable bonds is 12. The summed E-state index contributed by atoms with van der Waals surface area (Å²) in [7, 11) is 0. The lowest BCUT2D eigenvalue weighted by Crippen LogP contribution is -2.59. The van der Waals surface area contributed by atoms with Gasteiger partial charge < -0.3 is 5.11 Å². The van der Waals surface area contributed by atoms with E-state index in [2.05, 4.69) is 76.4 Å². The first-order valence-electron chi connectivity index (χ1n) is 13.8. The predicted octanol–water partition coefficient (Wildman–Crippen LogP) is 7.86. The Bertz CT molecular complexity index is 730. The first kappa shape index (κ1) is 26.5. The highest BCUT2D eigenvalue weighted by Gasteiger charge is 2.62. The number of hydrogen-bond donors (Lipinski definition) is 1. The van der Waals surface area contributed by atoms with Crippen molar-refractivity contribution in [1.82, 2.24) is 4.90 Å². The Kier molecular flexibility index (Phi) is 9.26. The van der Waals surface area contributed by atoms with Crippen LogP contribution < -0.4 is 0 Å². The van der Waals surface area contributed by atoms with E-state index >= 15 is 0 Å². The summed E-state index contributed by atoms with van der Waals surface area (Å²) >= 11 is 0. The van der Waals surface area contributed by atoms with E-state index in [1.807, 2.05) is 6.08 Å². The molecular weight excluding hydrogens is 402 g/mol. The van der Waals surface area contributed by atoms with Gasteiger partial charge in [0.25, 0.3) is 0 Å². The molecule has 33 heavy (non-hydrogen) atoms. The number of benzene rings is 1. The van der Waals surface area contributed by atoms with Crippen LogP contribution in [0.2, 0.25) is 0 Å². The van der Waals surface area contributed by atoms with Crippen LogP contribution in [0, 0.1) is 28.6 Å². The second-order valence-corrected chi connectivity index (χ2v) is 12.2. The van der Waals surface area contributed by atoms with E-state index in [0.29, 0.717) is 0 Å². The van der Waals surface area contributed by atoms with E-state index in [4.69, 9.17) is 0 Å². The molecule has 0 radical (unpaired) electrons. The normalized spacial score (nSPS) is 32.8. The van der Waals surface area contributed by atoms with Crippen molar-refractivity contribution in [1.29, 1.82) is 0 Å². The van der Waals surface area contributed by atoms with Crippen LogP contribution in [0.4, 0.5) is 0 Å². The number of fused-ring (bicyclic) bond motifs is 1. The lowest BCUT2D eigenvalue weighted by atomic mass is 9.53. The Balaban J connectivity index is 1.74. The van der Waals surface area contributed by atoms with Crippen LogP contribution in [0.1, 0.15) is 98.0 Å². The Morgan fingerprint density at radius 3 is 2.39 bits per heavy atom. The fourth-order valence-corrected chi connectivity index (χ4v) is 7.43. The van der Waals surface area contributed by atoms with Gasteiger partial charge in [-0.2, -0.15) is 0 Å². The molecule has 2 fully saturated rings. The lowest BCUT2D eigenvalue weighted by molar-refractivity contribution is -0.138. The van der Waals surface area contributed by atoms with Gasteiger partial charge in [0.15, 0.2) is 0 Å².